The van der Waals surface area contributed by atoms with Gasteiger partial charge in [0, 0.05) is 25.0 Å². The molecule has 0 spiro atoms. The molecule has 3 nitrogen and oxygen atoms in total. The van der Waals surface area contributed by atoms with Gasteiger partial charge in [0.1, 0.15) is 0 Å². The minimum Gasteiger partial charge on any atom is -0.317 e. The van der Waals surface area contributed by atoms with E-state index in [1.807, 2.05) is 12.4 Å². The van der Waals surface area contributed by atoms with E-state index in [4.69, 9.17) is 0 Å². The van der Waals surface area contributed by atoms with Gasteiger partial charge in [0.2, 0.25) is 0 Å². The molecule has 1 heterocycles. The van der Waals surface area contributed by atoms with Gasteiger partial charge >= 0.3 is 0 Å². The molecule has 0 aliphatic rings. The maximum atomic E-state index is 4.07. The molecule has 102 valence electrons. The summed E-state index contributed by atoms with van der Waals surface area (Å²) < 4.78 is 0. The fourth-order valence-corrected chi connectivity index (χ4v) is 2.18. The van der Waals surface area contributed by atoms with Crippen LogP contribution in [0.5, 0.6) is 0 Å². The van der Waals surface area contributed by atoms with Gasteiger partial charge in [-0.3, -0.25) is 9.88 Å². The van der Waals surface area contributed by atoms with Gasteiger partial charge in [-0.2, -0.15) is 0 Å². The second-order valence-electron chi connectivity index (χ2n) is 4.76. The van der Waals surface area contributed by atoms with Crippen molar-refractivity contribution in [1.82, 2.24) is 15.2 Å². The predicted molar refractivity (Wildman–Crippen MR) is 77.6 cm³/mol. The van der Waals surface area contributed by atoms with Gasteiger partial charge in [0.05, 0.1) is 0 Å². The SMILES string of the molecule is CCNCCCC(C)N(CC)Cc1ccncc1. The Balaban J connectivity index is 2.35. The third-order valence-corrected chi connectivity index (χ3v) is 3.39. The first-order valence-electron chi connectivity index (χ1n) is 7.11. The van der Waals surface area contributed by atoms with Gasteiger partial charge in [0.15, 0.2) is 0 Å². The molecule has 0 bridgehead atoms. The first kappa shape index (κ1) is 15.1. The highest BCUT2D eigenvalue weighted by molar-refractivity contribution is 5.09. The zero-order valence-corrected chi connectivity index (χ0v) is 12.0. The molecule has 0 saturated carbocycles. The summed E-state index contributed by atoms with van der Waals surface area (Å²) in [6.45, 7) is 11.1. The van der Waals surface area contributed by atoms with Crippen molar-refractivity contribution in [2.24, 2.45) is 0 Å². The van der Waals surface area contributed by atoms with Crippen LogP contribution in [-0.2, 0) is 6.54 Å². The summed E-state index contributed by atoms with van der Waals surface area (Å²) in [6, 6.07) is 4.85. The molecule has 1 aromatic heterocycles. The van der Waals surface area contributed by atoms with Crippen LogP contribution in [0.3, 0.4) is 0 Å². The van der Waals surface area contributed by atoms with Crippen LogP contribution in [0.15, 0.2) is 24.5 Å². The fraction of sp³-hybridized carbons (Fsp3) is 0.667. The molecule has 0 aromatic carbocycles. The molecule has 3 heteroatoms. The van der Waals surface area contributed by atoms with Gasteiger partial charge < -0.3 is 5.32 Å². The highest BCUT2D eigenvalue weighted by atomic mass is 15.1. The highest BCUT2D eigenvalue weighted by Crippen LogP contribution is 2.11. The van der Waals surface area contributed by atoms with Crippen molar-refractivity contribution in [1.29, 1.82) is 0 Å². The smallest absolute Gasteiger partial charge is 0.0271 e. The Morgan fingerprint density at radius 1 is 1.28 bits per heavy atom. The maximum Gasteiger partial charge on any atom is 0.0271 e. The lowest BCUT2D eigenvalue weighted by molar-refractivity contribution is 0.198. The summed E-state index contributed by atoms with van der Waals surface area (Å²) in [5.41, 5.74) is 1.35. The van der Waals surface area contributed by atoms with Gasteiger partial charge in [-0.05, 0) is 57.1 Å². The summed E-state index contributed by atoms with van der Waals surface area (Å²) in [5, 5.41) is 3.38. The summed E-state index contributed by atoms with van der Waals surface area (Å²) in [5.74, 6) is 0. The van der Waals surface area contributed by atoms with E-state index in [2.05, 4.69) is 48.1 Å². The summed E-state index contributed by atoms with van der Waals surface area (Å²) in [4.78, 5) is 6.60. The van der Waals surface area contributed by atoms with Gasteiger partial charge in [-0.1, -0.05) is 13.8 Å². The Kier molecular flexibility index (Phi) is 7.62. The van der Waals surface area contributed by atoms with E-state index < -0.39 is 0 Å². The van der Waals surface area contributed by atoms with Crippen LogP contribution in [0.4, 0.5) is 0 Å². The number of nitrogens with one attached hydrogen (secondary N) is 1. The zero-order chi connectivity index (χ0) is 13.2. The molecular weight excluding hydrogens is 222 g/mol. The van der Waals surface area contributed by atoms with Crippen LogP contribution >= 0.6 is 0 Å². The fourth-order valence-electron chi connectivity index (χ4n) is 2.18. The Morgan fingerprint density at radius 3 is 2.61 bits per heavy atom. The Bertz CT molecular complexity index is 300. The third kappa shape index (κ3) is 5.61. The van der Waals surface area contributed by atoms with Crippen LogP contribution in [0.25, 0.3) is 0 Å². The van der Waals surface area contributed by atoms with Gasteiger partial charge in [0.25, 0.3) is 0 Å². The van der Waals surface area contributed by atoms with E-state index in [0.717, 1.165) is 26.2 Å². The van der Waals surface area contributed by atoms with Crippen molar-refractivity contribution in [3.05, 3.63) is 30.1 Å². The predicted octanol–water partition coefficient (Wildman–Crippen LogP) is 2.68. The number of hydrogen-bond acceptors (Lipinski definition) is 3. The standard InChI is InChI=1S/C15H27N3/c1-4-16-10-6-7-14(3)18(5-2)13-15-8-11-17-12-9-15/h8-9,11-12,14,16H,4-7,10,13H2,1-3H3. The molecule has 0 amide bonds. The molecule has 18 heavy (non-hydrogen) atoms. The van der Waals surface area contributed by atoms with Crippen molar-refractivity contribution >= 4 is 0 Å². The molecular formula is C15H27N3. The van der Waals surface area contributed by atoms with Crippen molar-refractivity contribution in [3.63, 3.8) is 0 Å². The molecule has 0 fully saturated rings. The van der Waals surface area contributed by atoms with E-state index in [1.165, 1.54) is 18.4 Å². The van der Waals surface area contributed by atoms with Crippen LogP contribution in [0.1, 0.15) is 39.2 Å². The Hall–Kier alpha value is -0.930. The molecule has 1 rings (SSSR count). The first-order valence-corrected chi connectivity index (χ1v) is 7.11. The van der Waals surface area contributed by atoms with Gasteiger partial charge in [-0.15, -0.1) is 0 Å². The number of aromatic nitrogens is 1. The molecule has 1 N–H and O–H groups in total. The topological polar surface area (TPSA) is 28.2 Å². The van der Waals surface area contributed by atoms with Crippen LogP contribution in [0, 0.1) is 0 Å². The average Bonchev–Trinajstić information content (AvgIpc) is 2.42. The van der Waals surface area contributed by atoms with Crippen molar-refractivity contribution in [2.75, 3.05) is 19.6 Å². The number of pyridine rings is 1. The minimum absolute atomic E-state index is 0.641. The van der Waals surface area contributed by atoms with Crippen LogP contribution in [0.2, 0.25) is 0 Å². The lowest BCUT2D eigenvalue weighted by atomic mass is 10.1. The van der Waals surface area contributed by atoms with Crippen LogP contribution < -0.4 is 5.32 Å². The average molecular weight is 249 g/mol. The monoisotopic (exact) mass is 249 g/mol. The molecule has 0 saturated heterocycles. The number of nitrogens with zero attached hydrogens (tertiary/aromatic N) is 2. The van der Waals surface area contributed by atoms with Gasteiger partial charge in [-0.25, -0.2) is 0 Å². The quantitative estimate of drug-likeness (QED) is 0.682. The number of hydrogen-bond donors (Lipinski definition) is 1. The van der Waals surface area contributed by atoms with E-state index in [9.17, 15) is 0 Å². The summed E-state index contributed by atoms with van der Waals surface area (Å²) >= 11 is 0. The maximum absolute atomic E-state index is 4.07. The summed E-state index contributed by atoms with van der Waals surface area (Å²) in [7, 11) is 0. The summed E-state index contributed by atoms with van der Waals surface area (Å²) in [6.07, 6.45) is 6.26. The lowest BCUT2D eigenvalue weighted by Gasteiger charge is -2.28. The molecule has 1 unspecified atom stereocenters. The van der Waals surface area contributed by atoms with Crippen LogP contribution in [-0.4, -0.2) is 35.6 Å². The largest absolute Gasteiger partial charge is 0.317 e. The Labute approximate surface area is 112 Å². The Morgan fingerprint density at radius 2 is 2.00 bits per heavy atom. The van der Waals surface area contributed by atoms with E-state index in [0.29, 0.717) is 6.04 Å². The molecule has 0 aliphatic heterocycles. The van der Waals surface area contributed by atoms with Crippen molar-refractivity contribution < 1.29 is 0 Å². The highest BCUT2D eigenvalue weighted by Gasteiger charge is 2.11. The second kappa shape index (κ2) is 9.06. The van der Waals surface area contributed by atoms with E-state index in [-0.39, 0.29) is 0 Å². The van der Waals surface area contributed by atoms with Crippen molar-refractivity contribution in [2.45, 2.75) is 46.2 Å². The molecule has 1 atom stereocenters. The lowest BCUT2D eigenvalue weighted by Crippen LogP contribution is -2.33. The van der Waals surface area contributed by atoms with Crippen molar-refractivity contribution in [3.8, 4) is 0 Å². The minimum atomic E-state index is 0.641. The number of rotatable bonds is 9. The zero-order valence-electron chi connectivity index (χ0n) is 12.0. The third-order valence-electron chi connectivity index (χ3n) is 3.39. The molecule has 0 radical (unpaired) electrons. The van der Waals surface area contributed by atoms with E-state index in [1.54, 1.807) is 0 Å². The first-order chi connectivity index (χ1) is 8.77. The van der Waals surface area contributed by atoms with E-state index >= 15 is 0 Å². The molecule has 0 aliphatic carbocycles. The normalized spacial score (nSPS) is 12.9. The second-order valence-corrected chi connectivity index (χ2v) is 4.76. The molecule has 1 aromatic rings.